The number of fused-ring (bicyclic) bond motifs is 1. The third kappa shape index (κ3) is 3.42. The predicted molar refractivity (Wildman–Crippen MR) is 82.3 cm³/mol. The summed E-state index contributed by atoms with van der Waals surface area (Å²) in [5, 5.41) is 19.9. The zero-order chi connectivity index (χ0) is 15.4. The van der Waals surface area contributed by atoms with Gasteiger partial charge in [0, 0.05) is 19.3 Å². The summed E-state index contributed by atoms with van der Waals surface area (Å²) < 4.78 is 1.84. The molecule has 0 atom stereocenters. The summed E-state index contributed by atoms with van der Waals surface area (Å²) in [5.74, 6) is 0.617. The highest BCUT2D eigenvalue weighted by Crippen LogP contribution is 2.11. The Kier molecular flexibility index (Phi) is 4.33. The van der Waals surface area contributed by atoms with E-state index in [4.69, 9.17) is 0 Å². The van der Waals surface area contributed by atoms with Crippen LogP contribution in [0.4, 0.5) is 0 Å². The van der Waals surface area contributed by atoms with Crippen molar-refractivity contribution in [3.8, 4) is 0 Å². The first-order valence-corrected chi connectivity index (χ1v) is 7.74. The van der Waals surface area contributed by atoms with Gasteiger partial charge in [0.1, 0.15) is 23.9 Å². The van der Waals surface area contributed by atoms with Crippen LogP contribution in [0, 0.1) is 0 Å². The maximum atomic E-state index is 11.9. The van der Waals surface area contributed by atoms with Crippen LogP contribution in [0.25, 0.3) is 11.0 Å². The van der Waals surface area contributed by atoms with Crippen molar-refractivity contribution in [2.24, 2.45) is 7.05 Å². The van der Waals surface area contributed by atoms with Crippen LogP contribution in [0.15, 0.2) is 35.7 Å². The number of thioether (sulfide) groups is 1. The molecule has 0 saturated carbocycles. The monoisotopic (exact) mass is 317 g/mol. The molecule has 3 aromatic rings. The molecule has 0 fully saturated rings. The largest absolute Gasteiger partial charge is 0.354 e. The number of amides is 1. The van der Waals surface area contributed by atoms with Crippen LogP contribution in [0.5, 0.6) is 0 Å². The van der Waals surface area contributed by atoms with Gasteiger partial charge in [-0.25, -0.2) is 0 Å². The van der Waals surface area contributed by atoms with Crippen molar-refractivity contribution in [1.82, 2.24) is 35.1 Å². The van der Waals surface area contributed by atoms with Gasteiger partial charge in [-0.15, -0.1) is 10.2 Å². The first-order valence-electron chi connectivity index (χ1n) is 6.76. The second-order valence-corrected chi connectivity index (χ2v) is 5.70. The van der Waals surface area contributed by atoms with Gasteiger partial charge in [-0.05, 0) is 12.1 Å². The van der Waals surface area contributed by atoms with E-state index in [-0.39, 0.29) is 12.5 Å². The number of nitrogens with one attached hydrogen (secondary N) is 1. The standard InChI is InChI=1S/C13H15N7OS/c1-19-9-15-16-13(19)22-7-6-14-12(21)8-20-17-10-4-2-3-5-11(10)18-20/h2-5,9H,6-8H2,1H3,(H,14,21). The van der Waals surface area contributed by atoms with Crippen LogP contribution in [0.3, 0.4) is 0 Å². The molecule has 114 valence electrons. The maximum Gasteiger partial charge on any atom is 0.243 e. The van der Waals surface area contributed by atoms with Crippen molar-refractivity contribution in [3.63, 3.8) is 0 Å². The van der Waals surface area contributed by atoms with Crippen LogP contribution in [0.1, 0.15) is 0 Å². The highest BCUT2D eigenvalue weighted by Gasteiger charge is 2.07. The quantitative estimate of drug-likeness (QED) is 0.525. The summed E-state index contributed by atoms with van der Waals surface area (Å²) in [4.78, 5) is 13.3. The minimum atomic E-state index is -0.112. The number of rotatable bonds is 6. The fourth-order valence-corrected chi connectivity index (χ4v) is 2.64. The lowest BCUT2D eigenvalue weighted by Gasteiger charge is -2.04. The number of nitrogens with zero attached hydrogens (tertiary/aromatic N) is 6. The van der Waals surface area contributed by atoms with Crippen molar-refractivity contribution in [2.75, 3.05) is 12.3 Å². The van der Waals surface area contributed by atoms with Crippen LogP contribution in [-0.4, -0.2) is 48.0 Å². The number of aryl methyl sites for hydroxylation is 1. The predicted octanol–water partition coefficient (Wildman–Crippen LogP) is 0.468. The minimum absolute atomic E-state index is 0.112. The van der Waals surface area contributed by atoms with Gasteiger partial charge in [-0.1, -0.05) is 23.9 Å². The number of benzene rings is 1. The molecule has 0 spiro atoms. The van der Waals surface area contributed by atoms with Crippen molar-refractivity contribution < 1.29 is 4.79 Å². The van der Waals surface area contributed by atoms with E-state index >= 15 is 0 Å². The number of carbonyl (C=O) groups excluding carboxylic acids is 1. The molecule has 0 saturated heterocycles. The second kappa shape index (κ2) is 6.56. The van der Waals surface area contributed by atoms with E-state index in [9.17, 15) is 4.79 Å². The van der Waals surface area contributed by atoms with Crippen LogP contribution in [0.2, 0.25) is 0 Å². The average molecular weight is 317 g/mol. The molecule has 2 heterocycles. The van der Waals surface area contributed by atoms with Gasteiger partial charge in [0.2, 0.25) is 5.91 Å². The topological polar surface area (TPSA) is 90.5 Å². The first-order chi connectivity index (χ1) is 10.7. The Morgan fingerprint density at radius 3 is 2.64 bits per heavy atom. The van der Waals surface area contributed by atoms with Crippen molar-refractivity contribution in [3.05, 3.63) is 30.6 Å². The van der Waals surface area contributed by atoms with E-state index in [0.29, 0.717) is 6.54 Å². The SMILES string of the molecule is Cn1cnnc1SCCNC(=O)Cn1nc2ccccc2n1. The summed E-state index contributed by atoms with van der Waals surface area (Å²) >= 11 is 1.54. The van der Waals surface area contributed by atoms with Gasteiger partial charge in [0.05, 0.1) is 0 Å². The molecule has 0 aliphatic carbocycles. The lowest BCUT2D eigenvalue weighted by Crippen LogP contribution is -2.30. The lowest BCUT2D eigenvalue weighted by atomic mass is 10.3. The number of hydrogen-bond donors (Lipinski definition) is 1. The van der Waals surface area contributed by atoms with Gasteiger partial charge < -0.3 is 9.88 Å². The lowest BCUT2D eigenvalue weighted by molar-refractivity contribution is -0.121. The average Bonchev–Trinajstić information content (AvgIpc) is 3.09. The molecule has 3 rings (SSSR count). The molecular formula is C13H15N7OS. The highest BCUT2D eigenvalue weighted by atomic mass is 32.2. The van der Waals surface area contributed by atoms with Crippen LogP contribution >= 0.6 is 11.8 Å². The Morgan fingerprint density at radius 2 is 2.00 bits per heavy atom. The Morgan fingerprint density at radius 1 is 1.27 bits per heavy atom. The van der Waals surface area contributed by atoms with Crippen molar-refractivity contribution in [2.45, 2.75) is 11.7 Å². The molecule has 0 radical (unpaired) electrons. The Hall–Kier alpha value is -2.42. The Bertz CT molecular complexity index is 748. The van der Waals surface area contributed by atoms with Gasteiger partial charge in [-0.3, -0.25) is 4.79 Å². The maximum absolute atomic E-state index is 11.9. The second-order valence-electron chi connectivity index (χ2n) is 4.64. The first kappa shape index (κ1) is 14.5. The molecule has 9 heteroatoms. The highest BCUT2D eigenvalue weighted by molar-refractivity contribution is 7.99. The van der Waals surface area contributed by atoms with Gasteiger partial charge >= 0.3 is 0 Å². The zero-order valence-electron chi connectivity index (χ0n) is 12.0. The molecule has 2 aromatic heterocycles. The molecule has 0 unspecified atom stereocenters. The molecule has 1 aromatic carbocycles. The zero-order valence-corrected chi connectivity index (χ0v) is 12.8. The summed E-state index contributed by atoms with van der Waals surface area (Å²) in [6.07, 6.45) is 1.65. The van der Waals surface area contributed by atoms with E-state index < -0.39 is 0 Å². The fourth-order valence-electron chi connectivity index (χ4n) is 1.90. The van der Waals surface area contributed by atoms with E-state index in [0.717, 1.165) is 21.9 Å². The van der Waals surface area contributed by atoms with E-state index in [1.54, 1.807) is 18.1 Å². The van der Waals surface area contributed by atoms with Gasteiger partial charge in [0.15, 0.2) is 5.16 Å². The van der Waals surface area contributed by atoms with Crippen molar-refractivity contribution in [1.29, 1.82) is 0 Å². The summed E-state index contributed by atoms with van der Waals surface area (Å²) in [6.45, 7) is 0.667. The molecular weight excluding hydrogens is 302 g/mol. The van der Waals surface area contributed by atoms with Crippen LogP contribution in [-0.2, 0) is 18.4 Å². The van der Waals surface area contributed by atoms with Crippen molar-refractivity contribution >= 4 is 28.7 Å². The molecule has 0 bridgehead atoms. The van der Waals surface area contributed by atoms with E-state index in [2.05, 4.69) is 25.7 Å². The molecule has 1 amide bonds. The summed E-state index contributed by atoms with van der Waals surface area (Å²) in [5.41, 5.74) is 1.57. The summed E-state index contributed by atoms with van der Waals surface area (Å²) in [7, 11) is 1.88. The van der Waals surface area contributed by atoms with Gasteiger partial charge in [0.25, 0.3) is 0 Å². The molecule has 1 N–H and O–H groups in total. The smallest absolute Gasteiger partial charge is 0.243 e. The summed E-state index contributed by atoms with van der Waals surface area (Å²) in [6, 6.07) is 7.53. The fraction of sp³-hybridized carbons (Fsp3) is 0.308. The molecule has 22 heavy (non-hydrogen) atoms. The molecule has 0 aliphatic heterocycles. The van der Waals surface area contributed by atoms with E-state index in [1.807, 2.05) is 35.9 Å². The molecule has 8 nitrogen and oxygen atoms in total. The third-order valence-electron chi connectivity index (χ3n) is 2.94. The normalized spacial score (nSPS) is 11.0. The number of hydrogen-bond acceptors (Lipinski definition) is 6. The molecule has 0 aliphatic rings. The third-order valence-corrected chi connectivity index (χ3v) is 3.97. The van der Waals surface area contributed by atoms with E-state index in [1.165, 1.54) is 4.80 Å². The van der Waals surface area contributed by atoms with Crippen LogP contribution < -0.4 is 5.32 Å². The minimum Gasteiger partial charge on any atom is -0.354 e. The van der Waals surface area contributed by atoms with Gasteiger partial charge in [-0.2, -0.15) is 15.0 Å². The Labute approximate surface area is 130 Å². The Balaban J connectivity index is 1.45. The number of carbonyl (C=O) groups is 1. The number of aromatic nitrogens is 6.